The Hall–Kier alpha value is -2.60. The van der Waals surface area contributed by atoms with E-state index in [4.69, 9.17) is 5.73 Å². The Balaban J connectivity index is 1.84. The maximum atomic E-state index is 11.7. The molecule has 108 valence electrons. The van der Waals surface area contributed by atoms with Gasteiger partial charge in [-0.25, -0.2) is 4.79 Å². The van der Waals surface area contributed by atoms with Crippen LogP contribution >= 0.6 is 0 Å². The summed E-state index contributed by atoms with van der Waals surface area (Å²) in [6.45, 7) is 1.12. The number of aromatic amines is 1. The van der Waals surface area contributed by atoms with Gasteiger partial charge in [0.15, 0.2) is 0 Å². The first kappa shape index (κ1) is 13.4. The lowest BCUT2D eigenvalue weighted by Crippen LogP contribution is -2.30. The number of fused-ring (bicyclic) bond motifs is 3. The number of carbonyl (C=O) groups excluding carboxylic acids is 1. The number of pyridine rings is 1. The fourth-order valence-electron chi connectivity index (χ4n) is 2.25. The van der Waals surface area contributed by atoms with Crippen LogP contribution in [0.3, 0.4) is 0 Å². The summed E-state index contributed by atoms with van der Waals surface area (Å²) in [5.74, 6) is 0.628. The molecule has 0 saturated carbocycles. The van der Waals surface area contributed by atoms with Crippen LogP contribution in [0.1, 0.15) is 6.42 Å². The summed E-state index contributed by atoms with van der Waals surface area (Å²) in [6, 6.07) is 9.56. The third-order valence-electron chi connectivity index (χ3n) is 3.30. The van der Waals surface area contributed by atoms with Crippen LogP contribution in [0.2, 0.25) is 0 Å². The summed E-state index contributed by atoms with van der Waals surface area (Å²) < 4.78 is 0. The van der Waals surface area contributed by atoms with Crippen LogP contribution in [0.15, 0.2) is 36.5 Å². The first-order valence-corrected chi connectivity index (χ1v) is 6.89. The molecule has 0 saturated heterocycles. The lowest BCUT2D eigenvalue weighted by Gasteiger charge is -2.09. The van der Waals surface area contributed by atoms with Gasteiger partial charge in [-0.1, -0.05) is 12.1 Å². The van der Waals surface area contributed by atoms with Crippen molar-refractivity contribution in [2.24, 2.45) is 5.73 Å². The van der Waals surface area contributed by atoms with E-state index >= 15 is 0 Å². The Morgan fingerprint density at radius 1 is 1.19 bits per heavy atom. The topological polar surface area (TPSA) is 95.8 Å². The molecule has 3 rings (SSSR count). The second-order valence-electron chi connectivity index (χ2n) is 4.81. The van der Waals surface area contributed by atoms with Crippen LogP contribution in [-0.4, -0.2) is 29.1 Å². The molecule has 0 atom stereocenters. The molecule has 2 heterocycles. The SMILES string of the molecule is NCCCNC(=O)Nc1ccc2ccc3ccnc3c2[nH]1. The fraction of sp³-hybridized carbons (Fsp3) is 0.200. The van der Waals surface area contributed by atoms with Crippen molar-refractivity contribution in [3.63, 3.8) is 0 Å². The van der Waals surface area contributed by atoms with Gasteiger partial charge in [0.1, 0.15) is 5.82 Å². The first-order valence-electron chi connectivity index (χ1n) is 6.89. The fourth-order valence-corrected chi connectivity index (χ4v) is 2.25. The zero-order chi connectivity index (χ0) is 14.7. The quantitative estimate of drug-likeness (QED) is 0.553. The molecule has 5 N–H and O–H groups in total. The predicted molar refractivity (Wildman–Crippen MR) is 84.3 cm³/mol. The molecule has 0 spiro atoms. The van der Waals surface area contributed by atoms with E-state index in [0.717, 1.165) is 28.2 Å². The molecule has 1 aromatic carbocycles. The Morgan fingerprint density at radius 3 is 2.86 bits per heavy atom. The summed E-state index contributed by atoms with van der Waals surface area (Å²) in [4.78, 5) is 19.3. The van der Waals surface area contributed by atoms with Crippen LogP contribution in [-0.2, 0) is 0 Å². The summed E-state index contributed by atoms with van der Waals surface area (Å²) in [7, 11) is 0. The van der Waals surface area contributed by atoms with Crippen LogP contribution in [0, 0.1) is 0 Å². The minimum Gasteiger partial charge on any atom is -0.339 e. The minimum atomic E-state index is -0.248. The minimum absolute atomic E-state index is 0.248. The van der Waals surface area contributed by atoms with Crippen LogP contribution in [0.4, 0.5) is 10.6 Å². The van der Waals surface area contributed by atoms with Crippen LogP contribution < -0.4 is 16.4 Å². The van der Waals surface area contributed by atoms with E-state index in [2.05, 4.69) is 20.6 Å². The van der Waals surface area contributed by atoms with E-state index in [-0.39, 0.29) is 6.03 Å². The summed E-state index contributed by atoms with van der Waals surface area (Å²) in [6.07, 6.45) is 2.53. The van der Waals surface area contributed by atoms with Crippen molar-refractivity contribution in [1.29, 1.82) is 0 Å². The number of hydrogen-bond donors (Lipinski definition) is 4. The number of nitrogens with zero attached hydrogens (tertiary/aromatic N) is 1. The Labute approximate surface area is 121 Å². The predicted octanol–water partition coefficient (Wildman–Crippen LogP) is 2.19. The van der Waals surface area contributed by atoms with Gasteiger partial charge in [-0.2, -0.15) is 0 Å². The van der Waals surface area contributed by atoms with Crippen molar-refractivity contribution in [3.8, 4) is 0 Å². The number of urea groups is 1. The molecule has 0 aliphatic rings. The van der Waals surface area contributed by atoms with Crippen molar-refractivity contribution < 1.29 is 4.79 Å². The van der Waals surface area contributed by atoms with Crippen molar-refractivity contribution >= 4 is 33.7 Å². The summed E-state index contributed by atoms with van der Waals surface area (Å²) >= 11 is 0. The highest BCUT2D eigenvalue weighted by Crippen LogP contribution is 2.23. The number of amides is 2. The average molecular weight is 283 g/mol. The van der Waals surface area contributed by atoms with Crippen molar-refractivity contribution in [1.82, 2.24) is 15.3 Å². The zero-order valence-electron chi connectivity index (χ0n) is 11.5. The Morgan fingerprint density at radius 2 is 2.00 bits per heavy atom. The average Bonchev–Trinajstić information content (AvgIpc) is 2.96. The molecular formula is C15H17N5O. The molecule has 0 bridgehead atoms. The highest BCUT2D eigenvalue weighted by molar-refractivity contribution is 6.04. The number of carbonyl (C=O) groups is 1. The number of nitrogens with one attached hydrogen (secondary N) is 3. The van der Waals surface area contributed by atoms with Gasteiger partial charge in [0.05, 0.1) is 11.0 Å². The molecule has 6 nitrogen and oxygen atoms in total. The van der Waals surface area contributed by atoms with Crippen molar-refractivity contribution in [2.45, 2.75) is 6.42 Å². The second-order valence-corrected chi connectivity index (χ2v) is 4.81. The Kier molecular flexibility index (Phi) is 3.70. The zero-order valence-corrected chi connectivity index (χ0v) is 11.5. The van der Waals surface area contributed by atoms with E-state index < -0.39 is 0 Å². The van der Waals surface area contributed by atoms with Gasteiger partial charge in [0.2, 0.25) is 0 Å². The lowest BCUT2D eigenvalue weighted by atomic mass is 10.1. The molecule has 2 amide bonds. The van der Waals surface area contributed by atoms with Gasteiger partial charge in [0.25, 0.3) is 0 Å². The summed E-state index contributed by atoms with van der Waals surface area (Å²) in [5, 5.41) is 7.65. The van der Waals surface area contributed by atoms with Crippen molar-refractivity contribution in [3.05, 3.63) is 36.5 Å². The van der Waals surface area contributed by atoms with E-state index in [0.29, 0.717) is 18.9 Å². The van der Waals surface area contributed by atoms with E-state index in [9.17, 15) is 4.79 Å². The lowest BCUT2D eigenvalue weighted by molar-refractivity contribution is 0.252. The smallest absolute Gasteiger partial charge is 0.320 e. The molecule has 0 aliphatic carbocycles. The molecule has 0 radical (unpaired) electrons. The number of nitrogens with two attached hydrogens (primary N) is 1. The molecule has 2 aromatic heterocycles. The molecule has 6 heteroatoms. The molecule has 21 heavy (non-hydrogen) atoms. The van der Waals surface area contributed by atoms with Gasteiger partial charge in [-0.3, -0.25) is 10.3 Å². The largest absolute Gasteiger partial charge is 0.339 e. The number of benzene rings is 1. The second kappa shape index (κ2) is 5.80. The number of rotatable bonds is 4. The number of anilines is 1. The highest BCUT2D eigenvalue weighted by atomic mass is 16.2. The third kappa shape index (κ3) is 2.80. The Bertz CT molecular complexity index is 780. The standard InChI is InChI=1S/C15H17N5O/c16-7-1-8-18-15(21)20-12-5-4-10-2-3-11-6-9-17-13(11)14(10)19-12/h2-6,9,19H,1,7-8,16H2,(H2,18,20,21). The molecular weight excluding hydrogens is 266 g/mol. The van der Waals surface area contributed by atoms with Gasteiger partial charge in [-0.05, 0) is 31.2 Å². The van der Waals surface area contributed by atoms with Crippen LogP contribution in [0.5, 0.6) is 0 Å². The molecule has 0 aliphatic heterocycles. The molecule has 0 fully saturated rings. The van der Waals surface area contributed by atoms with Crippen LogP contribution in [0.25, 0.3) is 21.8 Å². The summed E-state index contributed by atoms with van der Waals surface area (Å²) in [5.41, 5.74) is 7.20. The first-order chi connectivity index (χ1) is 10.3. The maximum Gasteiger partial charge on any atom is 0.320 e. The van der Waals surface area contributed by atoms with Gasteiger partial charge in [-0.15, -0.1) is 0 Å². The molecule has 0 unspecified atom stereocenters. The maximum absolute atomic E-state index is 11.7. The molecule has 3 aromatic rings. The highest BCUT2D eigenvalue weighted by Gasteiger charge is 2.05. The number of aromatic nitrogens is 2. The van der Waals surface area contributed by atoms with Gasteiger partial charge in [0, 0.05) is 23.5 Å². The normalized spacial score (nSPS) is 10.9. The van der Waals surface area contributed by atoms with Gasteiger partial charge >= 0.3 is 6.03 Å². The van der Waals surface area contributed by atoms with E-state index in [1.54, 1.807) is 6.20 Å². The van der Waals surface area contributed by atoms with Crippen molar-refractivity contribution in [2.75, 3.05) is 18.4 Å². The number of H-pyrrole nitrogens is 1. The van der Waals surface area contributed by atoms with E-state index in [1.807, 2.05) is 30.3 Å². The monoisotopic (exact) mass is 283 g/mol. The van der Waals surface area contributed by atoms with Gasteiger partial charge < -0.3 is 16.0 Å². The van der Waals surface area contributed by atoms with E-state index in [1.165, 1.54) is 0 Å². The number of hydrogen-bond acceptors (Lipinski definition) is 3. The third-order valence-corrected chi connectivity index (χ3v) is 3.30.